The molecule has 2 aromatic rings. The van der Waals surface area contributed by atoms with Crippen LogP contribution in [-0.4, -0.2) is 30.5 Å². The molecule has 0 spiro atoms. The average molecular weight is 377 g/mol. The molecule has 6 heteroatoms. The lowest BCUT2D eigenvalue weighted by Gasteiger charge is -2.32. The van der Waals surface area contributed by atoms with Crippen molar-refractivity contribution in [3.05, 3.63) is 71.3 Å². The van der Waals surface area contributed by atoms with Gasteiger partial charge < -0.3 is 9.64 Å². The van der Waals surface area contributed by atoms with Crippen molar-refractivity contribution in [3.63, 3.8) is 0 Å². The lowest BCUT2D eigenvalue weighted by atomic mass is 9.98. The predicted molar refractivity (Wildman–Crippen MR) is 96.2 cm³/mol. The van der Waals surface area contributed by atoms with Crippen molar-refractivity contribution in [2.75, 3.05) is 19.7 Å². The highest BCUT2D eigenvalue weighted by Gasteiger charge is 2.31. The molecule has 1 heterocycles. The lowest BCUT2D eigenvalue weighted by Crippen LogP contribution is -2.41. The minimum absolute atomic E-state index is 0.225. The third kappa shape index (κ3) is 5.32. The van der Waals surface area contributed by atoms with Crippen LogP contribution >= 0.6 is 0 Å². The second-order valence-electron chi connectivity index (χ2n) is 6.84. The van der Waals surface area contributed by atoms with E-state index in [1.807, 2.05) is 30.3 Å². The number of hydrogen-bond donors (Lipinski definition) is 0. The first-order valence-corrected chi connectivity index (χ1v) is 9.01. The van der Waals surface area contributed by atoms with Crippen LogP contribution in [-0.2, 0) is 17.5 Å². The van der Waals surface area contributed by atoms with E-state index < -0.39 is 11.7 Å². The van der Waals surface area contributed by atoms with E-state index in [4.69, 9.17) is 4.74 Å². The normalized spacial score (nSPS) is 17.7. The van der Waals surface area contributed by atoms with Gasteiger partial charge in [-0.05, 0) is 48.6 Å². The first kappa shape index (κ1) is 19.4. The van der Waals surface area contributed by atoms with Crippen molar-refractivity contribution in [2.24, 2.45) is 5.92 Å². The molecule has 1 fully saturated rings. The number of hydrogen-bond acceptors (Lipinski definition) is 2. The number of benzene rings is 2. The predicted octanol–water partition coefficient (Wildman–Crippen LogP) is 4.77. The van der Waals surface area contributed by atoms with E-state index in [-0.39, 0.29) is 17.4 Å². The van der Waals surface area contributed by atoms with Crippen molar-refractivity contribution < 1.29 is 22.7 Å². The average Bonchev–Trinajstić information content (AvgIpc) is 2.68. The molecule has 27 heavy (non-hydrogen) atoms. The molecule has 0 bridgehead atoms. The number of halogens is 3. The van der Waals surface area contributed by atoms with Gasteiger partial charge in [-0.2, -0.15) is 13.2 Å². The van der Waals surface area contributed by atoms with Crippen LogP contribution in [0, 0.1) is 5.92 Å². The summed E-state index contributed by atoms with van der Waals surface area (Å²) in [5.41, 5.74) is 0.643. The second kappa shape index (κ2) is 8.57. The fourth-order valence-corrected chi connectivity index (χ4v) is 3.29. The maximum atomic E-state index is 12.7. The number of likely N-dealkylation sites (tertiary alicyclic amines) is 1. The molecule has 1 amide bonds. The van der Waals surface area contributed by atoms with Crippen LogP contribution in [0.4, 0.5) is 13.2 Å². The molecule has 3 rings (SSSR count). The van der Waals surface area contributed by atoms with Gasteiger partial charge in [0.2, 0.25) is 0 Å². The van der Waals surface area contributed by atoms with Crippen LogP contribution in [0.15, 0.2) is 54.6 Å². The van der Waals surface area contributed by atoms with E-state index in [0.717, 1.165) is 30.5 Å². The fraction of sp³-hybridized carbons (Fsp3) is 0.381. The zero-order chi connectivity index (χ0) is 19.3. The van der Waals surface area contributed by atoms with Crippen molar-refractivity contribution >= 4 is 5.91 Å². The third-order valence-electron chi connectivity index (χ3n) is 4.73. The van der Waals surface area contributed by atoms with Gasteiger partial charge in [0.1, 0.15) is 0 Å². The second-order valence-corrected chi connectivity index (χ2v) is 6.84. The van der Waals surface area contributed by atoms with Crippen molar-refractivity contribution in [1.82, 2.24) is 4.90 Å². The Morgan fingerprint density at radius 1 is 1.07 bits per heavy atom. The van der Waals surface area contributed by atoms with Crippen molar-refractivity contribution in [1.29, 1.82) is 0 Å². The van der Waals surface area contributed by atoms with Crippen LogP contribution < -0.4 is 0 Å². The molecule has 1 saturated heterocycles. The summed E-state index contributed by atoms with van der Waals surface area (Å²) in [7, 11) is 0. The Labute approximate surface area is 156 Å². The standard InChI is InChI=1S/C21H22F3NO2/c22-21(23,24)19-10-8-18(9-11-19)20(26)25-12-4-7-17(13-25)15-27-14-16-5-2-1-3-6-16/h1-3,5-6,8-11,17H,4,7,12-15H2. The molecule has 0 aliphatic carbocycles. The summed E-state index contributed by atoms with van der Waals surface area (Å²) in [5.74, 6) is 0.0114. The number of piperidine rings is 1. The van der Waals surface area contributed by atoms with E-state index in [0.29, 0.717) is 26.3 Å². The Kier molecular flexibility index (Phi) is 6.16. The van der Waals surface area contributed by atoms with Crippen molar-refractivity contribution in [3.8, 4) is 0 Å². The molecule has 144 valence electrons. The number of ether oxygens (including phenoxy) is 1. The smallest absolute Gasteiger partial charge is 0.376 e. The molecular formula is C21H22F3NO2. The van der Waals surface area contributed by atoms with Gasteiger partial charge in [0.25, 0.3) is 5.91 Å². The molecule has 3 nitrogen and oxygen atoms in total. The maximum Gasteiger partial charge on any atom is 0.416 e. The number of nitrogens with zero attached hydrogens (tertiary/aromatic N) is 1. The number of rotatable bonds is 5. The van der Waals surface area contributed by atoms with E-state index in [2.05, 4.69) is 0 Å². The van der Waals surface area contributed by atoms with Gasteiger partial charge in [0.05, 0.1) is 18.8 Å². The zero-order valence-corrected chi connectivity index (χ0v) is 14.9. The minimum atomic E-state index is -4.39. The summed E-state index contributed by atoms with van der Waals surface area (Å²) in [6.07, 6.45) is -2.55. The molecule has 0 saturated carbocycles. The topological polar surface area (TPSA) is 29.5 Å². The van der Waals surface area contributed by atoms with E-state index in [9.17, 15) is 18.0 Å². The summed E-state index contributed by atoms with van der Waals surface area (Å²) in [5, 5.41) is 0. The number of carbonyl (C=O) groups excluding carboxylic acids is 1. The van der Waals surface area contributed by atoms with E-state index >= 15 is 0 Å². The Hall–Kier alpha value is -2.34. The van der Waals surface area contributed by atoms with Gasteiger partial charge in [0, 0.05) is 18.7 Å². The Balaban J connectivity index is 1.53. The van der Waals surface area contributed by atoms with Gasteiger partial charge in [0.15, 0.2) is 0 Å². The minimum Gasteiger partial charge on any atom is -0.376 e. The van der Waals surface area contributed by atoms with Crippen LogP contribution in [0.1, 0.15) is 34.3 Å². The van der Waals surface area contributed by atoms with Gasteiger partial charge in [-0.3, -0.25) is 4.79 Å². The van der Waals surface area contributed by atoms with E-state index in [1.165, 1.54) is 12.1 Å². The highest BCUT2D eigenvalue weighted by Crippen LogP contribution is 2.29. The highest BCUT2D eigenvalue weighted by molar-refractivity contribution is 5.94. The van der Waals surface area contributed by atoms with Crippen LogP contribution in [0.3, 0.4) is 0 Å². The summed E-state index contributed by atoms with van der Waals surface area (Å²) < 4.78 is 43.8. The molecule has 0 aromatic heterocycles. The Morgan fingerprint density at radius 2 is 1.78 bits per heavy atom. The Bertz CT molecular complexity index is 744. The van der Waals surface area contributed by atoms with Gasteiger partial charge >= 0.3 is 6.18 Å². The SMILES string of the molecule is O=C(c1ccc(C(F)(F)F)cc1)N1CCCC(COCc2ccccc2)C1. The summed E-state index contributed by atoms with van der Waals surface area (Å²) in [6, 6.07) is 14.3. The van der Waals surface area contributed by atoms with Gasteiger partial charge in [-0.15, -0.1) is 0 Å². The molecular weight excluding hydrogens is 355 g/mol. The van der Waals surface area contributed by atoms with Crippen LogP contribution in [0.5, 0.6) is 0 Å². The van der Waals surface area contributed by atoms with Crippen LogP contribution in [0.25, 0.3) is 0 Å². The molecule has 1 atom stereocenters. The number of carbonyl (C=O) groups is 1. The van der Waals surface area contributed by atoms with Crippen LogP contribution in [0.2, 0.25) is 0 Å². The quantitative estimate of drug-likeness (QED) is 0.751. The van der Waals surface area contributed by atoms with Gasteiger partial charge in [-0.25, -0.2) is 0 Å². The molecule has 1 aliphatic rings. The number of amides is 1. The monoisotopic (exact) mass is 377 g/mol. The lowest BCUT2D eigenvalue weighted by molar-refractivity contribution is -0.137. The van der Waals surface area contributed by atoms with Crippen molar-refractivity contribution in [2.45, 2.75) is 25.6 Å². The molecule has 1 unspecified atom stereocenters. The maximum absolute atomic E-state index is 12.7. The largest absolute Gasteiger partial charge is 0.416 e. The molecule has 0 radical (unpaired) electrons. The molecule has 1 aliphatic heterocycles. The fourth-order valence-electron chi connectivity index (χ4n) is 3.29. The molecule has 2 aromatic carbocycles. The first-order chi connectivity index (χ1) is 12.9. The first-order valence-electron chi connectivity index (χ1n) is 9.01. The summed E-state index contributed by atoms with van der Waals surface area (Å²) in [6.45, 7) is 2.28. The zero-order valence-electron chi connectivity index (χ0n) is 14.9. The molecule has 0 N–H and O–H groups in total. The summed E-state index contributed by atoms with van der Waals surface area (Å²) in [4.78, 5) is 14.3. The van der Waals surface area contributed by atoms with Gasteiger partial charge in [-0.1, -0.05) is 30.3 Å². The van der Waals surface area contributed by atoms with E-state index in [1.54, 1.807) is 4.90 Å². The summed E-state index contributed by atoms with van der Waals surface area (Å²) >= 11 is 0. The Morgan fingerprint density at radius 3 is 2.44 bits per heavy atom. The number of alkyl halides is 3. The highest BCUT2D eigenvalue weighted by atomic mass is 19.4. The third-order valence-corrected chi connectivity index (χ3v) is 4.73.